The summed E-state index contributed by atoms with van der Waals surface area (Å²) in [7, 11) is 0. The second-order valence-corrected chi connectivity index (χ2v) is 15.0. The Morgan fingerprint density at radius 1 is 0.918 bits per heavy atom. The molecule has 0 radical (unpaired) electrons. The highest BCUT2D eigenvalue weighted by atomic mass is 32.1. The Hall–Kier alpha value is -6.55. The van der Waals surface area contributed by atoms with Gasteiger partial charge >= 0.3 is 5.91 Å². The summed E-state index contributed by atoms with van der Waals surface area (Å²) in [4.78, 5) is 76.9. The first-order chi connectivity index (χ1) is 29.5. The summed E-state index contributed by atoms with van der Waals surface area (Å²) >= 11 is 1.16. The topological polar surface area (TPSA) is 266 Å². The summed E-state index contributed by atoms with van der Waals surface area (Å²) in [6, 6.07) is 4.74. The van der Waals surface area contributed by atoms with Crippen molar-refractivity contribution in [2.24, 2.45) is 16.6 Å². The minimum atomic E-state index is -0.668. The van der Waals surface area contributed by atoms with Gasteiger partial charge in [-0.25, -0.2) is 25.8 Å². The van der Waals surface area contributed by atoms with Crippen molar-refractivity contribution < 1.29 is 37.5 Å². The van der Waals surface area contributed by atoms with Gasteiger partial charge in [-0.1, -0.05) is 37.3 Å². The third-order valence-electron chi connectivity index (χ3n) is 9.83. The maximum absolute atomic E-state index is 13.7. The van der Waals surface area contributed by atoms with Crippen molar-refractivity contribution in [2.75, 3.05) is 44.8 Å². The lowest BCUT2D eigenvalue weighted by molar-refractivity contribution is 0.0358. The summed E-state index contributed by atoms with van der Waals surface area (Å²) in [5, 5.41) is 2.88. The van der Waals surface area contributed by atoms with E-state index in [4.69, 9.17) is 34.9 Å². The van der Waals surface area contributed by atoms with Crippen LogP contribution in [0.4, 0.5) is 5.95 Å². The maximum Gasteiger partial charge on any atom is 0.317 e. The standard InChI is InChI=1S/C40H46N12O8S/c1-5-26-32(59-22(3)44-26)37(55)47-39-46-28-18-24(34(41)53)19-29(58-15-9-10-50-13-16-57-17-14-50)31(28)51(39)11-7-8-12-52-35-30(20-25(21-43-35)36(54)49-42)61-40(52)48-38(56)33-27(6-2)45-23(4)60-33/h7-8,18-21H,5-6,9-17,42H2,1-4H3,(H2,41,53)(H,49,54)(H,46,47,55)/b8-7+,48-40+. The van der Waals surface area contributed by atoms with E-state index in [9.17, 15) is 19.2 Å². The Morgan fingerprint density at radius 3 is 2.30 bits per heavy atom. The second-order valence-electron chi connectivity index (χ2n) is 14.0. The van der Waals surface area contributed by atoms with Gasteiger partial charge in [0.1, 0.15) is 11.3 Å². The van der Waals surface area contributed by atoms with Crippen molar-refractivity contribution >= 4 is 62.3 Å². The van der Waals surface area contributed by atoms with Gasteiger partial charge in [0, 0.05) is 58.3 Å². The number of nitrogens with zero attached hydrogens (tertiary/aromatic N) is 8. The lowest BCUT2D eigenvalue weighted by Gasteiger charge is -2.26. The fourth-order valence-electron chi connectivity index (χ4n) is 6.89. The number of imidazole rings is 1. The number of oxazole rings is 2. The normalized spacial score (nSPS) is 13.8. The lowest BCUT2D eigenvalue weighted by Crippen LogP contribution is -2.37. The van der Waals surface area contributed by atoms with Gasteiger partial charge < -0.3 is 28.6 Å². The van der Waals surface area contributed by atoms with Crippen LogP contribution in [0.25, 0.3) is 21.4 Å². The minimum Gasteiger partial charge on any atom is -0.491 e. The first kappa shape index (κ1) is 42.6. The van der Waals surface area contributed by atoms with Crippen LogP contribution in [0, 0.1) is 13.8 Å². The number of morpholine rings is 1. The number of hydrazine groups is 1. The number of thiazole rings is 1. The van der Waals surface area contributed by atoms with Crippen molar-refractivity contribution in [2.45, 2.75) is 60.0 Å². The van der Waals surface area contributed by atoms with Crippen molar-refractivity contribution in [1.29, 1.82) is 0 Å². The molecule has 21 heteroatoms. The van der Waals surface area contributed by atoms with Gasteiger partial charge in [-0.15, -0.1) is 0 Å². The third kappa shape index (κ3) is 9.44. The highest BCUT2D eigenvalue weighted by Crippen LogP contribution is 2.32. The molecule has 4 amide bonds. The van der Waals surface area contributed by atoms with Crippen LogP contribution in [0.15, 0.2) is 50.4 Å². The molecule has 0 aliphatic carbocycles. The number of hydrogen-bond acceptors (Lipinski definition) is 15. The van der Waals surface area contributed by atoms with Gasteiger partial charge in [0.15, 0.2) is 22.2 Å². The van der Waals surface area contributed by atoms with Crippen LogP contribution in [-0.4, -0.2) is 97.1 Å². The Bertz CT molecular complexity index is 2720. The molecule has 320 valence electrons. The number of carbonyl (C=O) groups excluding carboxylic acids is 4. The molecule has 1 aromatic carbocycles. The molecular formula is C40H46N12O8S. The molecule has 20 nitrogen and oxygen atoms in total. The molecule has 6 N–H and O–H groups in total. The quantitative estimate of drug-likeness (QED) is 0.0358. The number of aryl methyl sites for hydroxylation is 4. The third-order valence-corrected chi connectivity index (χ3v) is 10.8. The lowest BCUT2D eigenvalue weighted by atomic mass is 10.1. The summed E-state index contributed by atoms with van der Waals surface area (Å²) < 4.78 is 27.2. The maximum atomic E-state index is 13.7. The highest BCUT2D eigenvalue weighted by molar-refractivity contribution is 7.16. The predicted molar refractivity (Wildman–Crippen MR) is 223 cm³/mol. The zero-order valence-electron chi connectivity index (χ0n) is 34.1. The SMILES string of the molecule is CCc1nc(C)oc1C(=O)/N=c1/sc2cc(C(=O)NN)cnc2n1C/C=C/Cn1c(NC(=O)c2oc(C)nc2CC)nc2cc(C(N)=O)cc(OCCCN3CCOCC3)c21. The van der Waals surface area contributed by atoms with E-state index in [0.29, 0.717) is 94.2 Å². The fourth-order valence-corrected chi connectivity index (χ4v) is 7.92. The van der Waals surface area contributed by atoms with Crippen LogP contribution < -0.4 is 31.9 Å². The van der Waals surface area contributed by atoms with Gasteiger partial charge in [-0.3, -0.25) is 39.4 Å². The van der Waals surface area contributed by atoms with Crippen LogP contribution in [0.1, 0.15) is 85.3 Å². The molecule has 0 spiro atoms. The number of ether oxygens (including phenoxy) is 2. The van der Waals surface area contributed by atoms with E-state index in [1.54, 1.807) is 41.2 Å². The molecule has 0 atom stereocenters. The molecule has 61 heavy (non-hydrogen) atoms. The predicted octanol–water partition coefficient (Wildman–Crippen LogP) is 3.22. The fraction of sp³-hybridized carbons (Fsp3) is 0.375. The number of rotatable bonds is 16. The average molecular weight is 855 g/mol. The summed E-state index contributed by atoms with van der Waals surface area (Å²) in [6.07, 6.45) is 6.69. The second kappa shape index (κ2) is 18.8. The molecule has 1 saturated heterocycles. The molecular weight excluding hydrogens is 809 g/mol. The first-order valence-corrected chi connectivity index (χ1v) is 20.5. The van der Waals surface area contributed by atoms with Gasteiger partial charge in [0.2, 0.25) is 23.4 Å². The number of pyridine rings is 1. The highest BCUT2D eigenvalue weighted by Gasteiger charge is 2.24. The molecule has 0 unspecified atom stereocenters. The molecule has 0 bridgehead atoms. The van der Waals surface area contributed by atoms with Gasteiger partial charge in [-0.2, -0.15) is 4.99 Å². The number of allylic oxidation sites excluding steroid dienone is 2. The van der Waals surface area contributed by atoms with Crippen LogP contribution in [0.3, 0.4) is 0 Å². The van der Waals surface area contributed by atoms with Crippen LogP contribution in [0.2, 0.25) is 0 Å². The largest absolute Gasteiger partial charge is 0.491 e. The van der Waals surface area contributed by atoms with E-state index < -0.39 is 23.6 Å². The number of aromatic nitrogens is 6. The Kier molecular flexibility index (Phi) is 13.1. The molecule has 1 aliphatic rings. The first-order valence-electron chi connectivity index (χ1n) is 19.7. The number of carbonyl (C=O) groups is 4. The van der Waals surface area contributed by atoms with E-state index in [0.717, 1.165) is 31.0 Å². The molecule has 7 rings (SSSR count). The molecule has 6 heterocycles. The van der Waals surface area contributed by atoms with Crippen LogP contribution in [0.5, 0.6) is 5.75 Å². The number of nitrogens with two attached hydrogens (primary N) is 2. The summed E-state index contributed by atoms with van der Waals surface area (Å²) in [5.74, 6) is 4.31. The zero-order valence-corrected chi connectivity index (χ0v) is 35.0. The van der Waals surface area contributed by atoms with Gasteiger partial charge in [0.05, 0.1) is 47.0 Å². The Balaban J connectivity index is 1.25. The number of hydrogen-bond donors (Lipinski definition) is 4. The van der Waals surface area contributed by atoms with E-state index in [2.05, 4.69) is 35.6 Å². The van der Waals surface area contributed by atoms with Crippen LogP contribution in [-0.2, 0) is 30.7 Å². The molecule has 0 saturated carbocycles. The molecule has 1 aliphatic heterocycles. The Labute approximate surface area is 352 Å². The number of fused-ring (bicyclic) bond motifs is 2. The van der Waals surface area contributed by atoms with Crippen molar-refractivity contribution in [3.8, 4) is 5.75 Å². The van der Waals surface area contributed by atoms with E-state index in [1.807, 2.05) is 26.0 Å². The number of nitrogens with one attached hydrogen (secondary N) is 2. The Morgan fingerprint density at radius 2 is 1.61 bits per heavy atom. The molecule has 1 fully saturated rings. The molecule has 5 aromatic heterocycles. The van der Waals surface area contributed by atoms with Crippen molar-refractivity contribution in [3.63, 3.8) is 0 Å². The van der Waals surface area contributed by atoms with Crippen LogP contribution >= 0.6 is 11.3 Å². The minimum absolute atomic E-state index is 0.0439. The number of nitrogen functional groups attached to an aromatic ring is 1. The number of primary amides is 1. The number of anilines is 1. The zero-order chi connectivity index (χ0) is 43.2. The number of amides is 4. The van der Waals surface area contributed by atoms with Crippen molar-refractivity contribution in [3.05, 3.63) is 87.2 Å². The van der Waals surface area contributed by atoms with Gasteiger partial charge in [0.25, 0.3) is 11.8 Å². The summed E-state index contributed by atoms with van der Waals surface area (Å²) in [6.45, 7) is 11.5. The van der Waals surface area contributed by atoms with Gasteiger partial charge in [-0.05, 0) is 37.5 Å². The average Bonchev–Trinajstić information content (AvgIpc) is 4.02. The monoisotopic (exact) mass is 854 g/mol. The smallest absolute Gasteiger partial charge is 0.317 e. The van der Waals surface area contributed by atoms with E-state index >= 15 is 0 Å². The van der Waals surface area contributed by atoms with Crippen molar-refractivity contribution in [1.82, 2.24) is 39.4 Å². The number of benzene rings is 1. The van der Waals surface area contributed by atoms with E-state index in [1.165, 1.54) is 6.20 Å². The van der Waals surface area contributed by atoms with E-state index in [-0.39, 0.29) is 41.7 Å². The molecule has 6 aromatic rings. The summed E-state index contributed by atoms with van der Waals surface area (Å²) in [5.41, 5.74) is 10.6.